The summed E-state index contributed by atoms with van der Waals surface area (Å²) < 4.78 is 0. The van der Waals surface area contributed by atoms with Gasteiger partial charge in [-0.15, -0.1) is 0 Å². The van der Waals surface area contributed by atoms with Gasteiger partial charge in [-0.25, -0.2) is 5.84 Å². The summed E-state index contributed by atoms with van der Waals surface area (Å²) >= 11 is 0. The fraction of sp³-hybridized carbons (Fsp3) is 0.594. The minimum absolute atomic E-state index is 0.110. The minimum atomic E-state index is -0.787. The lowest BCUT2D eigenvalue weighted by atomic mass is 9.67. The molecule has 2 aromatic rings. The molecule has 0 unspecified atom stereocenters. The molecule has 2 aromatic carbocycles. The van der Waals surface area contributed by atoms with Crippen LogP contribution >= 0.6 is 0 Å². The summed E-state index contributed by atoms with van der Waals surface area (Å²) in [5, 5.41) is 22.7. The summed E-state index contributed by atoms with van der Waals surface area (Å²) in [6.45, 7) is 27.0. The molecule has 0 saturated carbocycles. The number of hydrogen-bond acceptors (Lipinski definition) is 4. The highest BCUT2D eigenvalue weighted by Crippen LogP contribution is 2.48. The van der Waals surface area contributed by atoms with Gasteiger partial charge in [0.15, 0.2) is 0 Å². The Labute approximate surface area is 224 Å². The third-order valence-corrected chi connectivity index (χ3v) is 7.40. The third-order valence-electron chi connectivity index (χ3n) is 7.40. The third kappa shape index (κ3) is 6.31. The summed E-state index contributed by atoms with van der Waals surface area (Å²) in [5.74, 6) is 5.91. The second-order valence-electron chi connectivity index (χ2n) is 14.9. The van der Waals surface area contributed by atoms with Crippen LogP contribution in [0.2, 0.25) is 0 Å². The first-order valence-corrected chi connectivity index (χ1v) is 13.2. The van der Waals surface area contributed by atoms with Crippen LogP contribution in [0.25, 0.3) is 0 Å². The number of carbonyl (C=O) groups is 1. The van der Waals surface area contributed by atoms with Gasteiger partial charge in [-0.05, 0) is 55.0 Å². The average Bonchev–Trinajstić information content (AvgIpc) is 2.70. The van der Waals surface area contributed by atoms with Crippen LogP contribution in [0, 0.1) is 0 Å². The first-order valence-electron chi connectivity index (χ1n) is 13.2. The van der Waals surface area contributed by atoms with E-state index in [1.165, 1.54) is 0 Å². The number of nitrogens with one attached hydrogen (secondary N) is 1. The van der Waals surface area contributed by atoms with Crippen molar-refractivity contribution in [2.45, 2.75) is 124 Å². The molecule has 2 rings (SSSR count). The van der Waals surface area contributed by atoms with Gasteiger partial charge in [-0.2, -0.15) is 0 Å². The summed E-state index contributed by atoms with van der Waals surface area (Å²) in [4.78, 5) is 12.9. The maximum atomic E-state index is 12.9. The fourth-order valence-electron chi connectivity index (χ4n) is 4.94. The van der Waals surface area contributed by atoms with Gasteiger partial charge in [0.2, 0.25) is 5.91 Å². The van der Waals surface area contributed by atoms with Crippen molar-refractivity contribution in [3.05, 3.63) is 57.6 Å². The van der Waals surface area contributed by atoms with E-state index in [0.717, 1.165) is 33.4 Å². The summed E-state index contributed by atoms with van der Waals surface area (Å²) in [6.07, 6.45) is 0.110. The van der Waals surface area contributed by atoms with Gasteiger partial charge in [-0.1, -0.05) is 114 Å². The maximum absolute atomic E-state index is 12.9. The van der Waals surface area contributed by atoms with E-state index in [4.69, 9.17) is 5.84 Å². The number of hydrazine groups is 1. The lowest BCUT2D eigenvalue weighted by molar-refractivity contribution is -0.122. The highest BCUT2D eigenvalue weighted by molar-refractivity contribution is 5.78. The van der Waals surface area contributed by atoms with Crippen LogP contribution < -0.4 is 11.3 Å². The van der Waals surface area contributed by atoms with Crippen molar-refractivity contribution in [2.75, 3.05) is 0 Å². The van der Waals surface area contributed by atoms with Gasteiger partial charge in [0.25, 0.3) is 0 Å². The molecule has 0 heterocycles. The van der Waals surface area contributed by atoms with Crippen LogP contribution in [0.3, 0.4) is 0 Å². The van der Waals surface area contributed by atoms with Gasteiger partial charge >= 0.3 is 0 Å². The lowest BCUT2D eigenvalue weighted by Gasteiger charge is -2.37. The number of hydrogen-bond donors (Lipinski definition) is 4. The number of nitrogens with two attached hydrogens (primary N) is 1. The molecule has 206 valence electrons. The van der Waals surface area contributed by atoms with Crippen LogP contribution in [-0.2, 0) is 31.9 Å². The van der Waals surface area contributed by atoms with Gasteiger partial charge in [-0.3, -0.25) is 10.2 Å². The van der Waals surface area contributed by atoms with Crippen molar-refractivity contribution in [1.82, 2.24) is 5.43 Å². The molecule has 0 spiro atoms. The molecule has 5 N–H and O–H groups in total. The van der Waals surface area contributed by atoms with Crippen LogP contribution in [0.4, 0.5) is 0 Å². The highest BCUT2D eigenvalue weighted by Gasteiger charge is 2.38. The Hall–Kier alpha value is -2.53. The predicted octanol–water partition coefficient (Wildman–Crippen LogP) is 6.97. The van der Waals surface area contributed by atoms with Crippen molar-refractivity contribution in [1.29, 1.82) is 0 Å². The van der Waals surface area contributed by atoms with E-state index in [0.29, 0.717) is 11.5 Å². The number of rotatable bonds is 4. The zero-order valence-corrected chi connectivity index (χ0v) is 25.4. The normalized spacial score (nSPS) is 13.6. The van der Waals surface area contributed by atoms with E-state index >= 15 is 0 Å². The molecule has 5 heteroatoms. The highest BCUT2D eigenvalue weighted by atomic mass is 16.3. The molecule has 0 radical (unpaired) electrons. The Morgan fingerprint density at radius 1 is 0.622 bits per heavy atom. The lowest BCUT2D eigenvalue weighted by Crippen LogP contribution is -2.38. The molecular formula is C32H50N2O3. The molecule has 0 fully saturated rings. The molecular weight excluding hydrogens is 460 g/mol. The maximum Gasteiger partial charge on any atom is 0.235 e. The van der Waals surface area contributed by atoms with Crippen LogP contribution in [0.1, 0.15) is 130 Å². The van der Waals surface area contributed by atoms with E-state index in [9.17, 15) is 15.0 Å². The molecule has 0 aliphatic rings. The predicted molar refractivity (Wildman–Crippen MR) is 154 cm³/mol. The topological polar surface area (TPSA) is 95.6 Å². The Balaban J connectivity index is 3.12. The minimum Gasteiger partial charge on any atom is -0.507 e. The summed E-state index contributed by atoms with van der Waals surface area (Å²) in [6, 6.07) is 8.15. The van der Waals surface area contributed by atoms with Crippen molar-refractivity contribution in [3.63, 3.8) is 0 Å². The van der Waals surface area contributed by atoms with Crippen molar-refractivity contribution >= 4 is 5.91 Å². The second-order valence-corrected chi connectivity index (χ2v) is 14.9. The number of amides is 1. The largest absolute Gasteiger partial charge is 0.507 e. The zero-order chi connectivity index (χ0) is 28.9. The molecule has 0 saturated heterocycles. The molecule has 1 amide bonds. The molecule has 37 heavy (non-hydrogen) atoms. The molecule has 0 atom stereocenters. The van der Waals surface area contributed by atoms with Crippen molar-refractivity contribution < 1.29 is 15.0 Å². The smallest absolute Gasteiger partial charge is 0.235 e. The van der Waals surface area contributed by atoms with E-state index in [1.807, 2.05) is 24.3 Å². The van der Waals surface area contributed by atoms with E-state index in [-0.39, 0.29) is 34.0 Å². The molecule has 0 bridgehead atoms. The standard InChI is InChI=1S/C32H50N2O3/c1-28(2,3)21-14-19(15-22(26(21)36)29(4,5)6)32(13,18-25(35)34-33)20-16-23(30(7,8)9)27(37)24(17-20)31(10,11)12/h14-17,36-37H,18,33H2,1-13H3,(H,34,35). The van der Waals surface area contributed by atoms with Gasteiger partial charge in [0.05, 0.1) is 0 Å². The summed E-state index contributed by atoms with van der Waals surface area (Å²) in [5.41, 5.74) is 5.44. The number of benzene rings is 2. The quantitative estimate of drug-likeness (QED) is 0.203. The van der Waals surface area contributed by atoms with E-state index in [2.05, 4.69) is 95.4 Å². The van der Waals surface area contributed by atoms with Gasteiger partial charge < -0.3 is 10.2 Å². The number of phenolic OH excluding ortho intramolecular Hbond substituents is 2. The second kappa shape index (κ2) is 9.65. The van der Waals surface area contributed by atoms with E-state index in [1.54, 1.807) is 0 Å². The monoisotopic (exact) mass is 510 g/mol. The van der Waals surface area contributed by atoms with Crippen LogP contribution in [-0.4, -0.2) is 16.1 Å². The Bertz CT molecular complexity index is 1010. The first kappa shape index (κ1) is 30.7. The summed E-state index contributed by atoms with van der Waals surface area (Å²) in [7, 11) is 0. The van der Waals surface area contributed by atoms with Crippen molar-refractivity contribution in [2.24, 2.45) is 5.84 Å². The molecule has 0 aliphatic heterocycles. The number of carbonyl (C=O) groups excluding carboxylic acids is 1. The van der Waals surface area contributed by atoms with Crippen molar-refractivity contribution in [3.8, 4) is 11.5 Å². The van der Waals surface area contributed by atoms with Crippen LogP contribution in [0.5, 0.6) is 11.5 Å². The van der Waals surface area contributed by atoms with Crippen LogP contribution in [0.15, 0.2) is 24.3 Å². The molecule has 0 aromatic heterocycles. The number of aromatic hydroxyl groups is 2. The average molecular weight is 511 g/mol. The Morgan fingerprint density at radius 3 is 1.05 bits per heavy atom. The Morgan fingerprint density at radius 2 is 0.865 bits per heavy atom. The molecule has 5 nitrogen and oxygen atoms in total. The Kier molecular flexibility index (Phi) is 8.01. The zero-order valence-electron chi connectivity index (χ0n) is 25.4. The fourth-order valence-corrected chi connectivity index (χ4v) is 4.94. The van der Waals surface area contributed by atoms with E-state index < -0.39 is 5.41 Å². The molecule has 0 aliphatic carbocycles. The number of phenols is 2. The van der Waals surface area contributed by atoms with Gasteiger partial charge in [0, 0.05) is 11.8 Å². The first-order chi connectivity index (χ1) is 16.4. The SMILES string of the molecule is CC(C)(C)c1cc(C(C)(CC(=O)NN)c2cc(C(C)(C)C)c(O)c(C(C)(C)C)c2)cc(C(C)(C)C)c1O. The van der Waals surface area contributed by atoms with Gasteiger partial charge in [0.1, 0.15) is 11.5 Å².